The molecule has 3 rings (SSSR count). The van der Waals surface area contributed by atoms with Crippen molar-refractivity contribution in [3.05, 3.63) is 45.6 Å². The lowest BCUT2D eigenvalue weighted by molar-refractivity contribution is -0.121. The maximum absolute atomic E-state index is 13.4. The monoisotopic (exact) mass is 527 g/mol. The molecule has 1 aliphatic rings. The first-order valence-corrected chi connectivity index (χ1v) is 12.6. The number of anilines is 1. The highest BCUT2D eigenvalue weighted by Gasteiger charge is 2.29. The van der Waals surface area contributed by atoms with Crippen molar-refractivity contribution in [2.75, 3.05) is 46.9 Å². The highest BCUT2D eigenvalue weighted by atomic mass is 16.5. The highest BCUT2D eigenvalue weighted by Crippen LogP contribution is 2.50. The van der Waals surface area contributed by atoms with Crippen LogP contribution in [0.2, 0.25) is 0 Å². The van der Waals surface area contributed by atoms with Crippen LogP contribution >= 0.6 is 0 Å². The molecule has 38 heavy (non-hydrogen) atoms. The summed E-state index contributed by atoms with van der Waals surface area (Å²) in [5, 5.41) is 8.86. The summed E-state index contributed by atoms with van der Waals surface area (Å²) in [5.74, 6) is 1.01. The molecule has 0 aromatic heterocycles. The molecule has 0 heterocycles. The van der Waals surface area contributed by atoms with Crippen molar-refractivity contribution >= 4 is 17.5 Å². The van der Waals surface area contributed by atoms with Crippen LogP contribution in [0.4, 0.5) is 5.69 Å². The molecule has 0 radical (unpaired) electrons. The van der Waals surface area contributed by atoms with Crippen molar-refractivity contribution in [1.82, 2.24) is 10.6 Å². The number of ether oxygens (including phenoxy) is 4. The number of amides is 2. The summed E-state index contributed by atoms with van der Waals surface area (Å²) < 4.78 is 22.0. The minimum absolute atomic E-state index is 0.204. The molecule has 0 bridgehead atoms. The van der Waals surface area contributed by atoms with E-state index in [4.69, 9.17) is 18.9 Å². The first-order chi connectivity index (χ1) is 18.2. The van der Waals surface area contributed by atoms with E-state index in [9.17, 15) is 14.4 Å². The molecule has 10 nitrogen and oxygen atoms in total. The van der Waals surface area contributed by atoms with E-state index in [1.165, 1.54) is 20.1 Å². The van der Waals surface area contributed by atoms with Crippen LogP contribution in [0.1, 0.15) is 43.9 Å². The fourth-order valence-corrected chi connectivity index (χ4v) is 4.71. The number of rotatable bonds is 11. The molecule has 0 saturated heterocycles. The van der Waals surface area contributed by atoms with Crippen LogP contribution in [0.25, 0.3) is 11.1 Å². The van der Waals surface area contributed by atoms with E-state index in [1.807, 2.05) is 12.1 Å². The number of aryl methyl sites for hydroxylation is 1. The predicted octanol–water partition coefficient (Wildman–Crippen LogP) is 2.82. The number of hydrogen-bond donors (Lipinski definition) is 3. The van der Waals surface area contributed by atoms with Crippen molar-refractivity contribution in [3.63, 3.8) is 0 Å². The Morgan fingerprint density at radius 2 is 1.79 bits per heavy atom. The summed E-state index contributed by atoms with van der Waals surface area (Å²) in [7, 11) is 6.26. The van der Waals surface area contributed by atoms with E-state index >= 15 is 0 Å². The smallest absolute Gasteiger partial charge is 0.242 e. The van der Waals surface area contributed by atoms with E-state index in [1.54, 1.807) is 34.3 Å². The summed E-state index contributed by atoms with van der Waals surface area (Å²) in [5.41, 5.74) is 3.03. The van der Waals surface area contributed by atoms with Gasteiger partial charge in [0.1, 0.15) is 6.04 Å². The Kier molecular flexibility index (Phi) is 9.95. The first kappa shape index (κ1) is 28.8. The zero-order chi connectivity index (χ0) is 27.8. The van der Waals surface area contributed by atoms with E-state index in [2.05, 4.69) is 16.0 Å². The number of carbonyl (C=O) groups is 2. The third kappa shape index (κ3) is 6.36. The van der Waals surface area contributed by atoms with E-state index in [-0.39, 0.29) is 22.9 Å². The van der Waals surface area contributed by atoms with Gasteiger partial charge in [-0.05, 0) is 61.1 Å². The molecule has 2 aromatic carbocycles. The van der Waals surface area contributed by atoms with E-state index < -0.39 is 12.1 Å². The molecular weight excluding hydrogens is 490 g/mol. The molecule has 0 fully saturated rings. The molecule has 10 heteroatoms. The van der Waals surface area contributed by atoms with Crippen LogP contribution in [0.15, 0.2) is 29.1 Å². The standard InChI is InChI=1S/C28H37N3O7/c1-16(28(34)29-12-7-13-35-3)30-22-11-9-19-20(15-23(22)33)21(31-17(2)32)10-8-18-14-24(36-4)26(37-5)27(38-6)25(18)19/h9,11,14-16,21H,7-8,10,12-13H2,1-6H3,(H,29,34)(H,30,33)(H,31,32)/t16-,21-/m0/s1. The average molecular weight is 528 g/mol. The second kappa shape index (κ2) is 13.1. The highest BCUT2D eigenvalue weighted by molar-refractivity contribution is 5.85. The minimum atomic E-state index is -0.648. The molecule has 0 aliphatic heterocycles. The predicted molar refractivity (Wildman–Crippen MR) is 145 cm³/mol. The Labute approximate surface area is 223 Å². The van der Waals surface area contributed by atoms with Gasteiger partial charge in [0.25, 0.3) is 0 Å². The lowest BCUT2D eigenvalue weighted by Crippen LogP contribution is -2.39. The van der Waals surface area contributed by atoms with Crippen LogP contribution in [-0.4, -0.2) is 59.4 Å². The number of methoxy groups -OCH3 is 4. The van der Waals surface area contributed by atoms with E-state index in [0.29, 0.717) is 55.2 Å². The van der Waals surface area contributed by atoms with Gasteiger partial charge < -0.3 is 34.9 Å². The number of carbonyl (C=O) groups excluding carboxylic acids is 2. The Hall–Kier alpha value is -3.79. The van der Waals surface area contributed by atoms with Gasteiger partial charge in [-0.15, -0.1) is 0 Å². The molecule has 3 N–H and O–H groups in total. The quantitative estimate of drug-likeness (QED) is 0.381. The van der Waals surface area contributed by atoms with Crippen LogP contribution in [-0.2, 0) is 20.7 Å². The number of nitrogens with one attached hydrogen (secondary N) is 3. The molecule has 0 unspecified atom stereocenters. The first-order valence-electron chi connectivity index (χ1n) is 12.6. The summed E-state index contributed by atoms with van der Waals surface area (Å²) in [6.07, 6.45) is 1.86. The van der Waals surface area contributed by atoms with Crippen molar-refractivity contribution in [2.45, 2.75) is 45.2 Å². The van der Waals surface area contributed by atoms with Crippen molar-refractivity contribution in [2.24, 2.45) is 0 Å². The molecule has 2 aromatic rings. The van der Waals surface area contributed by atoms with E-state index in [0.717, 1.165) is 16.7 Å². The summed E-state index contributed by atoms with van der Waals surface area (Å²) in [6, 6.07) is 5.83. The van der Waals surface area contributed by atoms with Gasteiger partial charge in [0.2, 0.25) is 23.0 Å². The topological polar surface area (TPSA) is 124 Å². The lowest BCUT2D eigenvalue weighted by atomic mass is 9.95. The fourth-order valence-electron chi connectivity index (χ4n) is 4.71. The Balaban J connectivity index is 2.12. The Morgan fingerprint density at radius 3 is 2.42 bits per heavy atom. The Bertz CT molecular complexity index is 1230. The SMILES string of the molecule is COCCCNC(=O)[C@H](C)Nc1ccc2c(cc1=O)[C@@H](NC(C)=O)CCc1cc(OC)c(OC)c(OC)c1-2. The van der Waals surface area contributed by atoms with Crippen LogP contribution in [0, 0.1) is 0 Å². The van der Waals surface area contributed by atoms with Gasteiger partial charge in [-0.3, -0.25) is 14.4 Å². The molecule has 0 saturated carbocycles. The molecule has 1 aliphatic carbocycles. The fraction of sp³-hybridized carbons (Fsp3) is 0.464. The normalized spacial score (nSPS) is 14.7. The van der Waals surface area contributed by atoms with Gasteiger partial charge in [0, 0.05) is 32.7 Å². The maximum atomic E-state index is 13.4. The largest absolute Gasteiger partial charge is 0.493 e. The Morgan fingerprint density at radius 1 is 1.05 bits per heavy atom. The second-order valence-corrected chi connectivity index (χ2v) is 9.10. The van der Waals surface area contributed by atoms with Crippen LogP contribution in [0.5, 0.6) is 17.2 Å². The third-order valence-corrected chi connectivity index (χ3v) is 6.51. The molecule has 2 amide bonds. The summed E-state index contributed by atoms with van der Waals surface area (Å²) in [4.78, 5) is 38.0. The summed E-state index contributed by atoms with van der Waals surface area (Å²) >= 11 is 0. The molecular formula is C28H37N3O7. The number of hydrogen-bond acceptors (Lipinski definition) is 8. The number of benzene rings is 1. The summed E-state index contributed by atoms with van der Waals surface area (Å²) in [6.45, 7) is 4.16. The van der Waals surface area contributed by atoms with Crippen LogP contribution < -0.4 is 35.6 Å². The minimum Gasteiger partial charge on any atom is -0.493 e. The molecule has 206 valence electrons. The number of fused-ring (bicyclic) bond motifs is 3. The molecule has 0 spiro atoms. The van der Waals surface area contributed by atoms with Gasteiger partial charge in [-0.1, -0.05) is 6.07 Å². The van der Waals surface area contributed by atoms with Crippen molar-refractivity contribution < 1.29 is 28.5 Å². The maximum Gasteiger partial charge on any atom is 0.242 e. The van der Waals surface area contributed by atoms with Gasteiger partial charge >= 0.3 is 0 Å². The van der Waals surface area contributed by atoms with Gasteiger partial charge in [0.05, 0.1) is 33.1 Å². The third-order valence-electron chi connectivity index (χ3n) is 6.51. The van der Waals surface area contributed by atoms with Crippen molar-refractivity contribution in [3.8, 4) is 28.4 Å². The zero-order valence-corrected chi connectivity index (χ0v) is 22.9. The van der Waals surface area contributed by atoms with Crippen molar-refractivity contribution in [1.29, 1.82) is 0 Å². The lowest BCUT2D eigenvalue weighted by Gasteiger charge is -2.19. The van der Waals surface area contributed by atoms with Gasteiger partial charge in [-0.25, -0.2) is 0 Å². The van der Waals surface area contributed by atoms with Gasteiger partial charge in [0.15, 0.2) is 11.5 Å². The van der Waals surface area contributed by atoms with Crippen LogP contribution in [0.3, 0.4) is 0 Å². The van der Waals surface area contributed by atoms with Gasteiger partial charge in [-0.2, -0.15) is 0 Å². The zero-order valence-electron chi connectivity index (χ0n) is 22.9. The average Bonchev–Trinajstić information content (AvgIpc) is 3.14. The molecule has 2 atom stereocenters. The second-order valence-electron chi connectivity index (χ2n) is 9.10.